The molecule has 1 saturated carbocycles. The summed E-state index contributed by atoms with van der Waals surface area (Å²) in [7, 11) is 0. The fourth-order valence-electron chi connectivity index (χ4n) is 10.8. The van der Waals surface area contributed by atoms with Crippen LogP contribution in [0.4, 0.5) is 35.2 Å². The summed E-state index contributed by atoms with van der Waals surface area (Å²) in [4.78, 5) is 55.1. The number of rotatable bonds is 12. The Morgan fingerprint density at radius 3 is 2.64 bits per heavy atom. The van der Waals surface area contributed by atoms with E-state index in [-0.39, 0.29) is 47.6 Å². The first-order chi connectivity index (χ1) is 32.1. The number of anilines is 3. The highest BCUT2D eigenvalue weighted by Crippen LogP contribution is 2.37. The Bertz CT molecular complexity index is 2650. The maximum Gasteiger partial charge on any atom is 0.328 e. The van der Waals surface area contributed by atoms with Crippen molar-refractivity contribution in [2.45, 2.75) is 75.8 Å². The molecular weight excluding hydrogens is 858 g/mol. The zero-order chi connectivity index (χ0) is 45.1. The number of carbonyl (C=O) groups excluding carboxylic acids is 3. The second kappa shape index (κ2) is 17.7. The molecule has 11 rings (SSSR count). The number of hydrogen-bond acceptors (Lipinski definition) is 12. The first kappa shape index (κ1) is 42.6. The first-order valence-corrected chi connectivity index (χ1v) is 23.1. The average molecular weight is 910 g/mol. The quantitative estimate of drug-likeness (QED) is 0.194. The lowest BCUT2D eigenvalue weighted by atomic mass is 9.82. The standard InChI is InChI=1S/C46H51F3N12O5/c47-35-23-56(11-8-39(35)66-25-29-19-57(20-29)37-3-1-2-32-33(37)15-50-17-38(32)59-12-10-41(62)54-46(59)64)18-27-4-6-28(7-5-27)21-58-24-36(42(55-58)43(48)49)52-45(63)34-16-51-61-13-9-40(53-44(34)61)60-22-31-14-30(60)26-65-31/h1-3,9,13,15-17,21,24,27-31,35,39,43H,4-8,10-12,14,18-20,22-23,25-26H2,(H-,52,54,62,63,64)/p+1/b58-21-/t27?,28?,30-,31-,35+,39-/m1/s1. The monoisotopic (exact) mass is 909 g/mol. The number of ether oxygens (including phenoxy) is 2. The number of imide groups is 1. The highest BCUT2D eigenvalue weighted by molar-refractivity contribution is 6.11. The molecule has 3 aromatic heterocycles. The molecule has 4 aromatic rings. The Kier molecular flexibility index (Phi) is 11.4. The number of likely N-dealkylation sites (tertiary alicyclic amines) is 1. The lowest BCUT2D eigenvalue weighted by molar-refractivity contribution is -0.456. The highest BCUT2D eigenvalue weighted by atomic mass is 19.3. The number of fused-ring (bicyclic) bond motifs is 4. The third-order valence-corrected chi connectivity index (χ3v) is 14.3. The Morgan fingerprint density at radius 2 is 1.86 bits per heavy atom. The van der Waals surface area contributed by atoms with Gasteiger partial charge in [0.15, 0.2) is 11.9 Å². The van der Waals surface area contributed by atoms with Crippen molar-refractivity contribution in [3.05, 3.63) is 66.5 Å². The molecule has 2 bridgehead atoms. The Morgan fingerprint density at radius 1 is 1.00 bits per heavy atom. The number of hydrogen-bond donors (Lipinski definition) is 2. The molecule has 1 aromatic carbocycles. The van der Waals surface area contributed by atoms with Gasteiger partial charge in [-0.05, 0) is 56.6 Å². The number of morpholine rings is 1. The highest BCUT2D eigenvalue weighted by Gasteiger charge is 2.41. The summed E-state index contributed by atoms with van der Waals surface area (Å²) < 4.78 is 58.8. The molecule has 6 fully saturated rings. The van der Waals surface area contributed by atoms with Crippen molar-refractivity contribution in [2.75, 3.05) is 73.7 Å². The van der Waals surface area contributed by atoms with E-state index in [9.17, 15) is 23.2 Å². The summed E-state index contributed by atoms with van der Waals surface area (Å²) in [5.41, 5.74) is 1.62. The molecule has 7 aliphatic rings. The molecule has 9 heterocycles. The molecular formula is C46H52F3N12O5+. The number of hydrazone groups is 1. The van der Waals surface area contributed by atoms with E-state index in [1.54, 1.807) is 23.5 Å². The Labute approximate surface area is 378 Å². The minimum Gasteiger partial charge on any atom is -0.375 e. The number of carbonyl (C=O) groups is 3. The number of allylic oxidation sites excluding steroid dienone is 1. The largest absolute Gasteiger partial charge is 0.375 e. The van der Waals surface area contributed by atoms with E-state index in [2.05, 4.69) is 40.5 Å². The van der Waals surface area contributed by atoms with Gasteiger partial charge in [0.2, 0.25) is 17.8 Å². The first-order valence-electron chi connectivity index (χ1n) is 23.1. The zero-order valence-electron chi connectivity index (χ0n) is 36.4. The zero-order valence-corrected chi connectivity index (χ0v) is 36.4. The van der Waals surface area contributed by atoms with E-state index < -0.39 is 36.4 Å². The fraction of sp³-hybridized carbons (Fsp3) is 0.522. The molecule has 4 amide bonds. The van der Waals surface area contributed by atoms with Gasteiger partial charge >= 0.3 is 6.03 Å². The third-order valence-electron chi connectivity index (χ3n) is 14.3. The second-order valence-electron chi connectivity index (χ2n) is 18.7. The van der Waals surface area contributed by atoms with Crippen LogP contribution in [-0.4, -0.2) is 149 Å². The minimum atomic E-state index is -2.90. The van der Waals surface area contributed by atoms with Crippen molar-refractivity contribution in [1.82, 2.24) is 35.1 Å². The van der Waals surface area contributed by atoms with Crippen LogP contribution in [0, 0.1) is 17.8 Å². The molecule has 2 N–H and O–H groups in total. The molecule has 20 heteroatoms. The van der Waals surface area contributed by atoms with Crippen molar-refractivity contribution in [1.29, 1.82) is 0 Å². The van der Waals surface area contributed by atoms with Crippen LogP contribution in [-0.2, 0) is 14.3 Å². The van der Waals surface area contributed by atoms with E-state index in [1.807, 2.05) is 30.5 Å². The SMILES string of the molecule is O=C1CCN(c2cncc3c(N4CC(CO[C@@H]5CCN(CC6CCC(/C=[N+]7/C=C(NC(=O)c8cnn9ccc(N%10C[C@H]%11C[C@@H]%10CO%11)nc89)C(C(F)F)=N7)CC6)C[C@@H]5F)C4)cccc23)C(=O)N1. The number of pyridine rings is 1. The third kappa shape index (κ3) is 8.38. The molecule has 4 atom stereocenters. The summed E-state index contributed by atoms with van der Waals surface area (Å²) in [6.45, 7) is 5.58. The minimum absolute atomic E-state index is 0.0620. The van der Waals surface area contributed by atoms with Crippen molar-refractivity contribution in [3.8, 4) is 0 Å². The average Bonchev–Trinajstić information content (AvgIpc) is 4.12. The summed E-state index contributed by atoms with van der Waals surface area (Å²) in [5, 5.41) is 15.3. The van der Waals surface area contributed by atoms with Crippen molar-refractivity contribution in [3.63, 3.8) is 0 Å². The molecule has 6 aliphatic heterocycles. The number of nitrogens with one attached hydrogen (secondary N) is 2. The Hall–Kier alpha value is -5.99. The smallest absolute Gasteiger partial charge is 0.328 e. The van der Waals surface area contributed by atoms with E-state index in [0.29, 0.717) is 50.0 Å². The van der Waals surface area contributed by atoms with Crippen molar-refractivity contribution < 1.29 is 41.7 Å². The molecule has 17 nitrogen and oxygen atoms in total. The van der Waals surface area contributed by atoms with Crippen LogP contribution in [0.1, 0.15) is 55.3 Å². The lowest BCUT2D eigenvalue weighted by Crippen LogP contribution is -2.51. The van der Waals surface area contributed by atoms with Crippen molar-refractivity contribution in [2.24, 2.45) is 22.9 Å². The normalized spacial score (nSPS) is 27.9. The lowest BCUT2D eigenvalue weighted by Gasteiger charge is -2.43. The van der Waals surface area contributed by atoms with E-state index >= 15 is 4.39 Å². The topological polar surface area (TPSA) is 165 Å². The fourth-order valence-corrected chi connectivity index (χ4v) is 10.8. The van der Waals surface area contributed by atoms with Gasteiger partial charge < -0.3 is 24.6 Å². The van der Waals surface area contributed by atoms with Crippen LogP contribution in [0.5, 0.6) is 0 Å². The Balaban J connectivity index is 0.634. The summed E-state index contributed by atoms with van der Waals surface area (Å²) in [5.74, 6) is 0.621. The number of alkyl halides is 3. The van der Waals surface area contributed by atoms with Gasteiger partial charge in [-0.3, -0.25) is 29.7 Å². The number of piperidine rings is 1. The number of benzene rings is 1. The van der Waals surface area contributed by atoms with Crippen LogP contribution in [0.3, 0.4) is 0 Å². The van der Waals surface area contributed by atoms with Crippen molar-refractivity contribution >= 4 is 63.4 Å². The molecule has 0 unspecified atom stereocenters. The number of urea groups is 1. The number of aromatic nitrogens is 4. The summed E-state index contributed by atoms with van der Waals surface area (Å²) in [6, 6.07) is 7.60. The molecule has 1 aliphatic carbocycles. The summed E-state index contributed by atoms with van der Waals surface area (Å²) >= 11 is 0. The van der Waals surface area contributed by atoms with Gasteiger partial charge in [0.1, 0.15) is 23.3 Å². The van der Waals surface area contributed by atoms with E-state index in [0.717, 1.165) is 87.1 Å². The van der Waals surface area contributed by atoms with Crippen LogP contribution in [0.25, 0.3) is 16.4 Å². The van der Waals surface area contributed by atoms with Gasteiger partial charge in [0.05, 0.1) is 49.5 Å². The van der Waals surface area contributed by atoms with Gasteiger partial charge in [0, 0.05) is 98.0 Å². The molecule has 5 saturated heterocycles. The van der Waals surface area contributed by atoms with Gasteiger partial charge in [-0.2, -0.15) is 5.10 Å². The maximum absolute atomic E-state index is 15.6. The van der Waals surface area contributed by atoms with Gasteiger partial charge in [0.25, 0.3) is 12.3 Å². The number of nitrogens with zero attached hydrogens (tertiary/aromatic N) is 10. The molecule has 0 spiro atoms. The van der Waals surface area contributed by atoms with Gasteiger partial charge in [-0.1, -0.05) is 16.8 Å². The second-order valence-corrected chi connectivity index (χ2v) is 18.7. The summed E-state index contributed by atoms with van der Waals surface area (Å²) in [6.07, 6.45) is 11.0. The van der Waals surface area contributed by atoms with Crippen LogP contribution < -0.4 is 25.3 Å². The van der Waals surface area contributed by atoms with Crippen LogP contribution >= 0.6 is 0 Å². The number of halogens is 3. The number of amides is 4. The van der Waals surface area contributed by atoms with E-state index in [1.165, 1.54) is 21.6 Å². The van der Waals surface area contributed by atoms with Gasteiger partial charge in [-0.15, -0.1) is 0 Å². The van der Waals surface area contributed by atoms with Crippen LogP contribution in [0.2, 0.25) is 0 Å². The molecule has 0 radical (unpaired) electrons. The van der Waals surface area contributed by atoms with Gasteiger partial charge in [-0.25, -0.2) is 27.5 Å². The van der Waals surface area contributed by atoms with Crippen LogP contribution in [0.15, 0.2) is 66.1 Å². The predicted molar refractivity (Wildman–Crippen MR) is 238 cm³/mol. The predicted octanol–water partition coefficient (Wildman–Crippen LogP) is 4.36. The molecule has 66 heavy (non-hydrogen) atoms. The van der Waals surface area contributed by atoms with E-state index in [4.69, 9.17) is 14.5 Å². The molecule has 346 valence electrons. The maximum atomic E-state index is 15.6.